The number of ether oxygens (including phenoxy) is 2. The van der Waals surface area contributed by atoms with E-state index in [2.05, 4.69) is 36.0 Å². The summed E-state index contributed by atoms with van der Waals surface area (Å²) in [6.07, 6.45) is 1.58. The van der Waals surface area contributed by atoms with Crippen LogP contribution in [-0.2, 0) is 0 Å². The van der Waals surface area contributed by atoms with Crippen molar-refractivity contribution in [1.29, 1.82) is 0 Å². The molecule has 0 saturated carbocycles. The van der Waals surface area contributed by atoms with Gasteiger partial charge in [0.05, 0.1) is 11.6 Å². The maximum atomic E-state index is 12.4. The number of aromatic nitrogens is 2. The molecule has 2 rings (SSSR count). The van der Waals surface area contributed by atoms with Gasteiger partial charge in [-0.1, -0.05) is 0 Å². The topological polar surface area (TPSA) is 56.3 Å². The van der Waals surface area contributed by atoms with E-state index in [0.29, 0.717) is 21.7 Å². The molecule has 0 aliphatic carbocycles. The number of nitrogens with one attached hydrogen (secondary N) is 1. The summed E-state index contributed by atoms with van der Waals surface area (Å²) < 4.78 is 35.0. The smallest absolute Gasteiger partial charge is 0.387 e. The van der Waals surface area contributed by atoms with E-state index in [9.17, 15) is 8.78 Å². The molecule has 1 heterocycles. The minimum absolute atomic E-state index is 0.0671. The molecule has 1 aromatic heterocycles. The van der Waals surface area contributed by atoms with Crippen LogP contribution in [0.2, 0.25) is 0 Å². The van der Waals surface area contributed by atoms with Crippen molar-refractivity contribution < 1.29 is 18.3 Å². The van der Waals surface area contributed by atoms with Gasteiger partial charge in [0, 0.05) is 18.8 Å². The van der Waals surface area contributed by atoms with Gasteiger partial charge in [-0.25, -0.2) is 9.97 Å². The largest absolute Gasteiger partial charge is 0.493 e. The molecule has 0 unspecified atom stereocenters. The van der Waals surface area contributed by atoms with Crippen LogP contribution in [0.15, 0.2) is 28.9 Å². The molecule has 8 heteroatoms. The highest BCUT2D eigenvalue weighted by Gasteiger charge is 2.14. The summed E-state index contributed by atoms with van der Waals surface area (Å²) in [6.45, 7) is -2.94. The Kier molecular flexibility index (Phi) is 4.89. The molecule has 0 radical (unpaired) electrons. The number of halogens is 3. The lowest BCUT2D eigenvalue weighted by Gasteiger charge is -2.11. The van der Waals surface area contributed by atoms with E-state index >= 15 is 0 Å². The first-order chi connectivity index (χ1) is 10.0. The van der Waals surface area contributed by atoms with Gasteiger partial charge in [0.25, 0.3) is 0 Å². The van der Waals surface area contributed by atoms with Crippen molar-refractivity contribution in [2.24, 2.45) is 0 Å². The van der Waals surface area contributed by atoms with E-state index in [1.54, 1.807) is 19.3 Å². The van der Waals surface area contributed by atoms with E-state index in [1.165, 1.54) is 19.2 Å². The number of rotatable bonds is 5. The third kappa shape index (κ3) is 3.57. The number of alkyl halides is 2. The van der Waals surface area contributed by atoms with Crippen LogP contribution in [0, 0.1) is 0 Å². The standard InChI is InChI=1S/C13H12BrF2N3O2/c1-17-12-8(14)6-18-11(19-12)7-3-4-9(20-2)10(5-7)21-13(15)16/h3-6,13H,1-2H3,(H,17,18,19). The number of anilines is 1. The Labute approximate surface area is 128 Å². The first kappa shape index (κ1) is 15.4. The Bertz CT molecular complexity index is 641. The zero-order valence-corrected chi connectivity index (χ0v) is 12.8. The van der Waals surface area contributed by atoms with Crippen LogP contribution in [0.1, 0.15) is 0 Å². The SMILES string of the molecule is CNc1nc(-c2ccc(OC)c(OC(F)F)c2)ncc1Br. The Morgan fingerprint density at radius 2 is 2.05 bits per heavy atom. The van der Waals surface area contributed by atoms with Crippen LogP contribution >= 0.6 is 15.9 Å². The number of hydrogen-bond donors (Lipinski definition) is 1. The van der Waals surface area contributed by atoms with E-state index in [4.69, 9.17) is 4.74 Å². The van der Waals surface area contributed by atoms with E-state index < -0.39 is 6.61 Å². The van der Waals surface area contributed by atoms with Gasteiger partial charge in [0.1, 0.15) is 5.82 Å². The Balaban J connectivity index is 2.44. The minimum atomic E-state index is -2.94. The summed E-state index contributed by atoms with van der Waals surface area (Å²) in [6, 6.07) is 4.60. The van der Waals surface area contributed by atoms with Gasteiger partial charge >= 0.3 is 6.61 Å². The molecule has 0 spiro atoms. The van der Waals surface area contributed by atoms with Crippen molar-refractivity contribution in [1.82, 2.24) is 9.97 Å². The predicted octanol–water partition coefficient (Wildman–Crippen LogP) is 3.56. The fourth-order valence-corrected chi connectivity index (χ4v) is 2.07. The van der Waals surface area contributed by atoms with Crippen molar-refractivity contribution in [3.8, 4) is 22.9 Å². The van der Waals surface area contributed by atoms with Crippen LogP contribution in [0.4, 0.5) is 14.6 Å². The molecule has 112 valence electrons. The lowest BCUT2D eigenvalue weighted by atomic mass is 10.2. The molecule has 1 N–H and O–H groups in total. The van der Waals surface area contributed by atoms with E-state index in [-0.39, 0.29) is 11.5 Å². The second-order valence-electron chi connectivity index (χ2n) is 3.88. The van der Waals surface area contributed by atoms with Gasteiger partial charge in [-0.05, 0) is 34.1 Å². The first-order valence-corrected chi connectivity index (χ1v) is 6.68. The maximum Gasteiger partial charge on any atom is 0.387 e. The van der Waals surface area contributed by atoms with Crippen molar-refractivity contribution in [2.75, 3.05) is 19.5 Å². The summed E-state index contributed by atoms with van der Waals surface area (Å²) >= 11 is 3.30. The van der Waals surface area contributed by atoms with Gasteiger partial charge < -0.3 is 14.8 Å². The summed E-state index contributed by atoms with van der Waals surface area (Å²) in [5.41, 5.74) is 0.537. The third-order valence-electron chi connectivity index (χ3n) is 2.62. The number of benzene rings is 1. The second kappa shape index (κ2) is 6.66. The zero-order chi connectivity index (χ0) is 15.4. The van der Waals surface area contributed by atoms with E-state index in [1.807, 2.05) is 0 Å². The Morgan fingerprint density at radius 3 is 2.67 bits per heavy atom. The lowest BCUT2D eigenvalue weighted by molar-refractivity contribution is -0.0511. The van der Waals surface area contributed by atoms with Gasteiger partial charge in [0.2, 0.25) is 0 Å². The first-order valence-electron chi connectivity index (χ1n) is 5.88. The van der Waals surface area contributed by atoms with Crippen LogP contribution in [-0.4, -0.2) is 30.7 Å². The molecule has 2 aromatic rings. The van der Waals surface area contributed by atoms with Gasteiger partial charge in [-0.15, -0.1) is 0 Å². The molecule has 0 atom stereocenters. The fraction of sp³-hybridized carbons (Fsp3) is 0.231. The third-order valence-corrected chi connectivity index (χ3v) is 3.20. The van der Waals surface area contributed by atoms with Crippen molar-refractivity contribution in [3.63, 3.8) is 0 Å². The number of nitrogens with zero attached hydrogens (tertiary/aromatic N) is 2. The summed E-state index contributed by atoms with van der Waals surface area (Å²) in [5, 5.41) is 2.90. The van der Waals surface area contributed by atoms with Crippen LogP contribution in [0.3, 0.4) is 0 Å². The van der Waals surface area contributed by atoms with Crippen molar-refractivity contribution in [2.45, 2.75) is 6.61 Å². The summed E-state index contributed by atoms with van der Waals surface area (Å²) in [5.74, 6) is 1.11. The maximum absolute atomic E-state index is 12.4. The Hall–Kier alpha value is -1.96. The summed E-state index contributed by atoms with van der Waals surface area (Å²) in [4.78, 5) is 8.43. The van der Waals surface area contributed by atoms with Crippen molar-refractivity contribution in [3.05, 3.63) is 28.9 Å². The molecule has 0 saturated heterocycles. The van der Waals surface area contributed by atoms with Crippen molar-refractivity contribution >= 4 is 21.7 Å². The Morgan fingerprint density at radius 1 is 1.29 bits per heavy atom. The average molecular weight is 360 g/mol. The normalized spacial score (nSPS) is 10.6. The van der Waals surface area contributed by atoms with Crippen LogP contribution in [0.25, 0.3) is 11.4 Å². The molecular weight excluding hydrogens is 348 g/mol. The minimum Gasteiger partial charge on any atom is -0.493 e. The summed E-state index contributed by atoms with van der Waals surface area (Å²) in [7, 11) is 3.10. The molecule has 5 nitrogen and oxygen atoms in total. The van der Waals surface area contributed by atoms with Gasteiger partial charge in [-0.2, -0.15) is 8.78 Å². The molecule has 0 aliphatic heterocycles. The zero-order valence-electron chi connectivity index (χ0n) is 11.2. The van der Waals surface area contributed by atoms with Gasteiger partial charge in [0.15, 0.2) is 17.3 Å². The molecule has 21 heavy (non-hydrogen) atoms. The monoisotopic (exact) mass is 359 g/mol. The van der Waals surface area contributed by atoms with E-state index in [0.717, 1.165) is 0 Å². The molecule has 0 amide bonds. The molecule has 0 bridgehead atoms. The van der Waals surface area contributed by atoms with Crippen LogP contribution in [0.5, 0.6) is 11.5 Å². The van der Waals surface area contributed by atoms with Gasteiger partial charge in [-0.3, -0.25) is 0 Å². The molecular formula is C13H12BrF2N3O2. The molecule has 1 aromatic carbocycles. The predicted molar refractivity (Wildman–Crippen MR) is 77.9 cm³/mol. The highest BCUT2D eigenvalue weighted by Crippen LogP contribution is 2.33. The number of methoxy groups -OCH3 is 1. The second-order valence-corrected chi connectivity index (χ2v) is 4.74. The number of hydrogen-bond acceptors (Lipinski definition) is 5. The highest BCUT2D eigenvalue weighted by molar-refractivity contribution is 9.10. The lowest BCUT2D eigenvalue weighted by Crippen LogP contribution is -2.04. The van der Waals surface area contributed by atoms with Crippen LogP contribution < -0.4 is 14.8 Å². The highest BCUT2D eigenvalue weighted by atomic mass is 79.9. The quantitative estimate of drug-likeness (QED) is 0.884. The molecule has 0 fully saturated rings. The fourth-order valence-electron chi connectivity index (χ4n) is 1.69. The average Bonchev–Trinajstić information content (AvgIpc) is 2.47. The molecule has 0 aliphatic rings.